The van der Waals surface area contributed by atoms with Crippen LogP contribution in [0, 0.1) is 0 Å². The van der Waals surface area contributed by atoms with Gasteiger partial charge in [0.15, 0.2) is 14.2 Å². The van der Waals surface area contributed by atoms with E-state index in [0.29, 0.717) is 11.1 Å². The predicted molar refractivity (Wildman–Crippen MR) is 260 cm³/mol. The lowest BCUT2D eigenvalue weighted by molar-refractivity contribution is 0.402. The highest BCUT2D eigenvalue weighted by Crippen LogP contribution is 2.43. The van der Waals surface area contributed by atoms with Gasteiger partial charge in [0.05, 0.1) is 27.8 Å². The van der Waals surface area contributed by atoms with Gasteiger partial charge in [0.1, 0.15) is 11.6 Å². The first kappa shape index (κ1) is 36.9. The van der Waals surface area contributed by atoms with E-state index in [1.807, 2.05) is 73.9 Å². The maximum atomic E-state index is 17.3. The summed E-state index contributed by atoms with van der Waals surface area (Å²) in [5.74, 6) is 1.65. The Bertz CT molecular complexity index is 3470. The molecule has 1 aliphatic heterocycles. The van der Waals surface area contributed by atoms with Gasteiger partial charge in [-0.25, -0.2) is 14.4 Å². The second-order valence-electron chi connectivity index (χ2n) is 16.3. The molecule has 8 aromatic carbocycles. The number of hydrogen-bond acceptors (Lipinski definition) is 3. The Kier molecular flexibility index (Phi) is 8.59. The summed E-state index contributed by atoms with van der Waals surface area (Å²) in [5, 5.41) is 7.35. The van der Waals surface area contributed by atoms with Crippen molar-refractivity contribution in [3.8, 4) is 17.1 Å². The largest absolute Gasteiger partial charge is 0.327 e. The number of aryl methyl sites for hydroxylation is 1. The van der Waals surface area contributed by atoms with Gasteiger partial charge in [0.25, 0.3) is 0 Å². The molecule has 1 unspecified atom stereocenters. The number of fused-ring (bicyclic) bond motifs is 6. The van der Waals surface area contributed by atoms with Gasteiger partial charge in [-0.1, -0.05) is 146 Å². The Morgan fingerprint density at radius 1 is 0.508 bits per heavy atom. The standard InChI is InChI=1S/C56H40FN5Si/c1-60-49-31-14-12-29-47(49)59-55(60)40-20-15-18-38(34-40)54(57)39-19-16-23-42(35-39)62-51-37-50-46(45-28-11-13-30-48(45)61(50)41-21-5-2-6-22-41)36-53(51)63(43-24-7-3-8-25-43,44-26-9-4-10-27-44)52-32-17-33-58-56(52)62/h2-37,54H,1H3. The molecule has 1 atom stereocenters. The van der Waals surface area contributed by atoms with Crippen molar-refractivity contribution in [1.82, 2.24) is 19.1 Å². The van der Waals surface area contributed by atoms with Gasteiger partial charge >= 0.3 is 0 Å². The zero-order valence-electron chi connectivity index (χ0n) is 34.5. The number of anilines is 3. The average molecular weight is 830 g/mol. The predicted octanol–water partition coefficient (Wildman–Crippen LogP) is 11.0. The van der Waals surface area contributed by atoms with Crippen LogP contribution in [0.25, 0.3) is 49.9 Å². The zero-order chi connectivity index (χ0) is 42.1. The number of imidazole rings is 1. The van der Waals surface area contributed by atoms with Crippen molar-refractivity contribution in [3.63, 3.8) is 0 Å². The van der Waals surface area contributed by atoms with E-state index in [-0.39, 0.29) is 0 Å². The van der Waals surface area contributed by atoms with Crippen LogP contribution in [0.3, 0.4) is 0 Å². The molecule has 300 valence electrons. The topological polar surface area (TPSA) is 38.9 Å². The van der Waals surface area contributed by atoms with Crippen LogP contribution in [0.2, 0.25) is 0 Å². The Labute approximate surface area is 365 Å². The van der Waals surface area contributed by atoms with Gasteiger partial charge in [-0.15, -0.1) is 0 Å². The molecule has 11 aromatic rings. The highest BCUT2D eigenvalue weighted by molar-refractivity contribution is 7.21. The maximum absolute atomic E-state index is 17.3. The normalized spacial score (nSPS) is 13.6. The summed E-state index contributed by atoms with van der Waals surface area (Å²) < 4.78 is 21.7. The number of hydrogen-bond donors (Lipinski definition) is 0. The van der Waals surface area contributed by atoms with Gasteiger partial charge in [0, 0.05) is 41.0 Å². The maximum Gasteiger partial charge on any atom is 0.186 e. The number of para-hydroxylation sites is 4. The lowest BCUT2D eigenvalue weighted by Gasteiger charge is -2.44. The minimum Gasteiger partial charge on any atom is -0.327 e. The molecule has 5 nitrogen and oxygen atoms in total. The summed E-state index contributed by atoms with van der Waals surface area (Å²) in [6.07, 6.45) is 0.497. The molecule has 7 heteroatoms. The fourth-order valence-corrected chi connectivity index (χ4v) is 15.2. The summed E-state index contributed by atoms with van der Waals surface area (Å²) >= 11 is 0. The molecule has 0 saturated heterocycles. The molecule has 0 saturated carbocycles. The summed E-state index contributed by atoms with van der Waals surface area (Å²) in [6.45, 7) is 0. The van der Waals surface area contributed by atoms with E-state index in [9.17, 15) is 0 Å². The number of rotatable bonds is 7. The molecular formula is C56H40FN5Si. The Balaban J connectivity index is 1.10. The lowest BCUT2D eigenvalue weighted by atomic mass is 9.99. The first-order valence-electron chi connectivity index (χ1n) is 21.4. The molecule has 3 aromatic heterocycles. The second-order valence-corrected chi connectivity index (χ2v) is 20.1. The van der Waals surface area contributed by atoms with E-state index in [1.165, 1.54) is 31.5 Å². The number of benzene rings is 8. The molecule has 1 aliphatic rings. The SMILES string of the molecule is Cn1c(-c2cccc(C(F)c3cccc(N4c5cc6c(cc5[Si](c5ccccc5)(c5ccccc5)c5cccnc54)c4ccccc4n6-c4ccccc4)c3)c2)nc2ccccc21. The first-order chi connectivity index (χ1) is 31.1. The van der Waals surface area contributed by atoms with Crippen molar-refractivity contribution in [3.05, 3.63) is 230 Å². The van der Waals surface area contributed by atoms with Crippen molar-refractivity contribution in [2.24, 2.45) is 7.05 Å². The van der Waals surface area contributed by atoms with E-state index < -0.39 is 14.2 Å². The fourth-order valence-electron chi connectivity index (χ4n) is 10.2. The van der Waals surface area contributed by atoms with Crippen LogP contribution in [0.15, 0.2) is 219 Å². The van der Waals surface area contributed by atoms with Crippen molar-refractivity contribution in [2.75, 3.05) is 4.90 Å². The Hall–Kier alpha value is -7.87. The molecule has 63 heavy (non-hydrogen) atoms. The fraction of sp³-hybridized carbons (Fsp3) is 0.0357. The van der Waals surface area contributed by atoms with Crippen LogP contribution in [-0.2, 0) is 7.05 Å². The molecule has 0 aliphatic carbocycles. The Morgan fingerprint density at radius 3 is 1.89 bits per heavy atom. The van der Waals surface area contributed by atoms with E-state index in [2.05, 4.69) is 166 Å². The number of halogens is 1. The molecular weight excluding hydrogens is 790 g/mol. The van der Waals surface area contributed by atoms with Crippen molar-refractivity contribution in [2.45, 2.75) is 6.17 Å². The van der Waals surface area contributed by atoms with Gasteiger partial charge in [-0.05, 0) is 98.6 Å². The smallest absolute Gasteiger partial charge is 0.186 e. The molecule has 0 N–H and O–H groups in total. The zero-order valence-corrected chi connectivity index (χ0v) is 35.5. The number of aromatic nitrogens is 4. The van der Waals surface area contributed by atoms with Crippen molar-refractivity contribution < 1.29 is 4.39 Å². The Morgan fingerprint density at radius 2 is 1.14 bits per heavy atom. The first-order valence-corrected chi connectivity index (χ1v) is 23.4. The third-order valence-corrected chi connectivity index (χ3v) is 17.7. The summed E-state index contributed by atoms with van der Waals surface area (Å²) in [6, 6.07) is 74.2. The van der Waals surface area contributed by atoms with Gasteiger partial charge in [-0.2, -0.15) is 0 Å². The van der Waals surface area contributed by atoms with Gasteiger partial charge < -0.3 is 9.13 Å². The van der Waals surface area contributed by atoms with E-state index in [0.717, 1.165) is 56.3 Å². The molecule has 4 heterocycles. The van der Waals surface area contributed by atoms with Crippen LogP contribution in [-0.4, -0.2) is 27.2 Å². The molecule has 0 bridgehead atoms. The van der Waals surface area contributed by atoms with Crippen LogP contribution in [0.1, 0.15) is 17.3 Å². The third kappa shape index (κ3) is 5.67. The third-order valence-electron chi connectivity index (χ3n) is 12.9. The van der Waals surface area contributed by atoms with E-state index in [1.54, 1.807) is 0 Å². The summed E-state index contributed by atoms with van der Waals surface area (Å²) in [4.78, 5) is 12.5. The number of nitrogens with zero attached hydrogens (tertiary/aromatic N) is 5. The second kappa shape index (κ2) is 14.6. The van der Waals surface area contributed by atoms with E-state index >= 15 is 4.39 Å². The van der Waals surface area contributed by atoms with Crippen LogP contribution in [0.5, 0.6) is 0 Å². The lowest BCUT2D eigenvalue weighted by Crippen LogP contribution is -2.77. The molecule has 0 amide bonds. The summed E-state index contributed by atoms with van der Waals surface area (Å²) in [7, 11) is -1.05. The van der Waals surface area contributed by atoms with Crippen LogP contribution in [0.4, 0.5) is 21.6 Å². The highest BCUT2D eigenvalue weighted by atomic mass is 28.3. The number of pyridine rings is 1. The van der Waals surface area contributed by atoms with Crippen molar-refractivity contribution in [1.29, 1.82) is 0 Å². The molecule has 0 spiro atoms. The highest BCUT2D eigenvalue weighted by Gasteiger charge is 2.50. The average Bonchev–Trinajstić information content (AvgIpc) is 3.87. The van der Waals surface area contributed by atoms with Crippen LogP contribution < -0.4 is 25.6 Å². The quantitative estimate of drug-likeness (QED) is 0.150. The monoisotopic (exact) mass is 829 g/mol. The van der Waals surface area contributed by atoms with E-state index in [4.69, 9.17) is 9.97 Å². The van der Waals surface area contributed by atoms with Gasteiger partial charge in [0.2, 0.25) is 0 Å². The molecule has 0 fully saturated rings. The number of alkyl halides is 1. The van der Waals surface area contributed by atoms with Gasteiger partial charge in [-0.3, -0.25) is 4.90 Å². The van der Waals surface area contributed by atoms with Crippen molar-refractivity contribution >= 4 is 78.9 Å². The molecule has 12 rings (SSSR count). The van der Waals surface area contributed by atoms with Crippen LogP contribution >= 0.6 is 0 Å². The molecule has 0 radical (unpaired) electrons. The minimum atomic E-state index is -3.06. The minimum absolute atomic E-state index is 0.563. The summed E-state index contributed by atoms with van der Waals surface area (Å²) in [5.41, 5.74) is 9.14.